The number of nitriles is 1. The molecule has 0 aliphatic carbocycles. The molecular formula is C15H14FN. The highest BCUT2D eigenvalue weighted by atomic mass is 19.1. The van der Waals surface area contributed by atoms with Gasteiger partial charge in [-0.3, -0.25) is 0 Å². The van der Waals surface area contributed by atoms with E-state index in [0.717, 1.165) is 16.7 Å². The predicted octanol–water partition coefficient (Wildman–Crippen LogP) is 4.23. The van der Waals surface area contributed by atoms with Gasteiger partial charge in [-0.15, -0.1) is 0 Å². The molecule has 17 heavy (non-hydrogen) atoms. The quantitative estimate of drug-likeness (QED) is 0.709. The van der Waals surface area contributed by atoms with Crippen LogP contribution in [-0.4, -0.2) is 0 Å². The number of nitrogens with zero attached hydrogens (tertiary/aromatic N) is 1. The summed E-state index contributed by atoms with van der Waals surface area (Å²) >= 11 is 0. The summed E-state index contributed by atoms with van der Waals surface area (Å²) in [5.74, 6) is -0.493. The predicted molar refractivity (Wildman–Crippen MR) is 68.7 cm³/mol. The van der Waals surface area contributed by atoms with Crippen molar-refractivity contribution in [3.05, 3.63) is 65.5 Å². The Balaban J connectivity index is 3.11. The molecular weight excluding hydrogens is 213 g/mol. The molecule has 86 valence electrons. The van der Waals surface area contributed by atoms with E-state index in [-0.39, 0.29) is 5.56 Å². The lowest BCUT2D eigenvalue weighted by Gasteiger charge is -2.03. The third-order valence-electron chi connectivity index (χ3n) is 2.28. The Morgan fingerprint density at radius 3 is 2.59 bits per heavy atom. The Morgan fingerprint density at radius 2 is 2.12 bits per heavy atom. The zero-order chi connectivity index (χ0) is 12.8. The first-order valence-electron chi connectivity index (χ1n) is 5.28. The molecule has 0 aliphatic rings. The molecule has 0 unspecified atom stereocenters. The van der Waals surface area contributed by atoms with Crippen LogP contribution in [0.15, 0.2) is 48.6 Å². The Bertz CT molecular complexity index is 530. The Morgan fingerprint density at radius 1 is 1.41 bits per heavy atom. The fourth-order valence-electron chi connectivity index (χ4n) is 1.38. The van der Waals surface area contributed by atoms with E-state index < -0.39 is 5.82 Å². The zero-order valence-corrected chi connectivity index (χ0v) is 10.00. The summed E-state index contributed by atoms with van der Waals surface area (Å²) in [7, 11) is 0. The van der Waals surface area contributed by atoms with Gasteiger partial charge < -0.3 is 0 Å². The fourth-order valence-corrected chi connectivity index (χ4v) is 1.38. The van der Waals surface area contributed by atoms with Gasteiger partial charge in [-0.25, -0.2) is 4.39 Å². The molecule has 0 saturated heterocycles. The van der Waals surface area contributed by atoms with Crippen molar-refractivity contribution in [2.75, 3.05) is 0 Å². The molecule has 2 heteroatoms. The average molecular weight is 227 g/mol. The molecule has 0 heterocycles. The first-order valence-corrected chi connectivity index (χ1v) is 5.28. The lowest BCUT2D eigenvalue weighted by molar-refractivity contribution is 0.623. The molecule has 1 rings (SSSR count). The highest BCUT2D eigenvalue weighted by Gasteiger charge is 2.04. The molecule has 0 radical (unpaired) electrons. The van der Waals surface area contributed by atoms with Crippen LogP contribution in [0.1, 0.15) is 25.0 Å². The summed E-state index contributed by atoms with van der Waals surface area (Å²) in [4.78, 5) is 0. The molecule has 1 aromatic rings. The van der Waals surface area contributed by atoms with Crippen LogP contribution < -0.4 is 0 Å². The Kier molecular flexibility index (Phi) is 4.42. The van der Waals surface area contributed by atoms with Crippen LogP contribution in [0.3, 0.4) is 0 Å². The maximum atomic E-state index is 13.5. The summed E-state index contributed by atoms with van der Waals surface area (Å²) in [6.07, 6.45) is 5.63. The number of benzene rings is 1. The second kappa shape index (κ2) is 5.81. The zero-order valence-electron chi connectivity index (χ0n) is 10.00. The number of hydrogen-bond acceptors (Lipinski definition) is 1. The molecule has 1 aromatic carbocycles. The summed E-state index contributed by atoms with van der Waals surface area (Å²) in [6, 6.07) is 6.40. The first-order chi connectivity index (χ1) is 8.08. The van der Waals surface area contributed by atoms with Crippen molar-refractivity contribution >= 4 is 5.57 Å². The third-order valence-corrected chi connectivity index (χ3v) is 2.28. The summed E-state index contributed by atoms with van der Waals surface area (Å²) in [6.45, 7) is 7.54. The first kappa shape index (κ1) is 12.9. The lowest BCUT2D eigenvalue weighted by atomic mass is 10.0. The summed E-state index contributed by atoms with van der Waals surface area (Å²) in [5.41, 5.74) is 2.64. The number of halogens is 1. The van der Waals surface area contributed by atoms with Gasteiger partial charge in [-0.05, 0) is 37.1 Å². The van der Waals surface area contributed by atoms with Gasteiger partial charge in [0.1, 0.15) is 11.9 Å². The van der Waals surface area contributed by atoms with E-state index in [1.807, 2.05) is 32.1 Å². The number of allylic oxidation sites excluding steroid dienone is 5. The lowest BCUT2D eigenvalue weighted by Crippen LogP contribution is -1.87. The van der Waals surface area contributed by atoms with Crippen LogP contribution in [0.4, 0.5) is 4.39 Å². The summed E-state index contributed by atoms with van der Waals surface area (Å²) in [5, 5.41) is 8.65. The topological polar surface area (TPSA) is 23.8 Å². The second-order valence-electron chi connectivity index (χ2n) is 3.73. The van der Waals surface area contributed by atoms with Crippen LogP contribution in [0, 0.1) is 17.1 Å². The highest BCUT2D eigenvalue weighted by Crippen LogP contribution is 2.19. The van der Waals surface area contributed by atoms with Crippen molar-refractivity contribution < 1.29 is 4.39 Å². The van der Waals surface area contributed by atoms with Gasteiger partial charge in [0.05, 0.1) is 5.56 Å². The molecule has 0 aromatic heterocycles. The van der Waals surface area contributed by atoms with E-state index in [2.05, 4.69) is 6.58 Å². The largest absolute Gasteiger partial charge is 0.206 e. The van der Waals surface area contributed by atoms with E-state index >= 15 is 0 Å². The van der Waals surface area contributed by atoms with E-state index in [1.54, 1.807) is 12.1 Å². The highest BCUT2D eigenvalue weighted by molar-refractivity contribution is 5.74. The van der Waals surface area contributed by atoms with Crippen LogP contribution >= 0.6 is 0 Å². The average Bonchev–Trinajstić information content (AvgIpc) is 2.29. The van der Waals surface area contributed by atoms with Gasteiger partial charge in [0.15, 0.2) is 0 Å². The van der Waals surface area contributed by atoms with Crippen LogP contribution in [0.2, 0.25) is 0 Å². The van der Waals surface area contributed by atoms with Gasteiger partial charge in [-0.1, -0.05) is 36.4 Å². The van der Waals surface area contributed by atoms with E-state index in [1.165, 1.54) is 12.1 Å². The molecule has 0 amide bonds. The molecule has 0 bridgehead atoms. The molecule has 0 fully saturated rings. The van der Waals surface area contributed by atoms with Crippen LogP contribution in [0.25, 0.3) is 5.57 Å². The third kappa shape index (κ3) is 3.42. The van der Waals surface area contributed by atoms with E-state index in [9.17, 15) is 4.39 Å². The van der Waals surface area contributed by atoms with Crippen LogP contribution in [0.5, 0.6) is 0 Å². The van der Waals surface area contributed by atoms with Gasteiger partial charge in [-0.2, -0.15) is 5.26 Å². The van der Waals surface area contributed by atoms with Crippen molar-refractivity contribution in [3.63, 3.8) is 0 Å². The normalized spacial score (nSPS) is 11.5. The maximum absolute atomic E-state index is 13.5. The minimum Gasteiger partial charge on any atom is -0.206 e. The molecule has 0 N–H and O–H groups in total. The monoisotopic (exact) mass is 227 g/mol. The molecule has 0 atom stereocenters. The molecule has 0 spiro atoms. The maximum Gasteiger partial charge on any atom is 0.141 e. The van der Waals surface area contributed by atoms with Crippen molar-refractivity contribution in [1.29, 1.82) is 5.26 Å². The minimum absolute atomic E-state index is 0.0630. The fraction of sp³-hybridized carbons (Fsp3) is 0.133. The molecule has 1 nitrogen and oxygen atoms in total. The van der Waals surface area contributed by atoms with Gasteiger partial charge in [0.25, 0.3) is 0 Å². The van der Waals surface area contributed by atoms with Crippen molar-refractivity contribution in [2.24, 2.45) is 0 Å². The Labute approximate surface area is 101 Å². The van der Waals surface area contributed by atoms with Crippen molar-refractivity contribution in [3.8, 4) is 6.07 Å². The summed E-state index contributed by atoms with van der Waals surface area (Å²) < 4.78 is 13.5. The number of hydrogen-bond donors (Lipinski definition) is 0. The van der Waals surface area contributed by atoms with Crippen LogP contribution in [-0.2, 0) is 0 Å². The van der Waals surface area contributed by atoms with Gasteiger partial charge >= 0.3 is 0 Å². The van der Waals surface area contributed by atoms with Crippen molar-refractivity contribution in [2.45, 2.75) is 13.8 Å². The van der Waals surface area contributed by atoms with E-state index in [0.29, 0.717) is 0 Å². The molecule has 0 aliphatic heterocycles. The Hall–Kier alpha value is -2.14. The standard InChI is InChI=1S/C15H14FN/c1-4-12(6-5-11(2)3)13-7-8-14(10-17)15(16)9-13/h4-9H,2H2,1,3H3/b6-5-,12-4+. The smallest absolute Gasteiger partial charge is 0.141 e. The minimum atomic E-state index is -0.493. The van der Waals surface area contributed by atoms with Crippen molar-refractivity contribution in [1.82, 2.24) is 0 Å². The number of rotatable bonds is 3. The molecule has 0 saturated carbocycles. The van der Waals surface area contributed by atoms with Gasteiger partial charge in [0.2, 0.25) is 0 Å². The van der Waals surface area contributed by atoms with E-state index in [4.69, 9.17) is 5.26 Å². The second-order valence-corrected chi connectivity index (χ2v) is 3.73. The SMILES string of the molecule is C=C(C)/C=C\C(=C/C)c1ccc(C#N)c(F)c1. The van der Waals surface area contributed by atoms with Gasteiger partial charge in [0, 0.05) is 0 Å².